The van der Waals surface area contributed by atoms with Crippen molar-refractivity contribution >= 4 is 0 Å². The maximum atomic E-state index is 8.84. The van der Waals surface area contributed by atoms with Crippen LogP contribution in [0.2, 0.25) is 0 Å². The Hall–Kier alpha value is -0.120. The van der Waals surface area contributed by atoms with Crippen molar-refractivity contribution in [3.05, 3.63) is 0 Å². The van der Waals surface area contributed by atoms with Gasteiger partial charge in [0, 0.05) is 12.1 Å². The molecule has 1 aliphatic heterocycles. The fraction of sp³-hybridized carbons (Fsp3) is 1.00. The van der Waals surface area contributed by atoms with Crippen LogP contribution in [0.3, 0.4) is 0 Å². The maximum absolute atomic E-state index is 8.84. The van der Waals surface area contributed by atoms with E-state index in [-0.39, 0.29) is 12.6 Å². The van der Waals surface area contributed by atoms with Crippen LogP contribution in [0, 0.1) is 5.92 Å². The third-order valence-corrected chi connectivity index (χ3v) is 3.53. The highest BCUT2D eigenvalue weighted by molar-refractivity contribution is 4.79. The first-order chi connectivity index (χ1) is 6.65. The number of hydrogen-bond donors (Lipinski definition) is 2. The molecule has 3 N–H and O–H groups in total. The van der Waals surface area contributed by atoms with Crippen LogP contribution in [0.5, 0.6) is 0 Å². The van der Waals surface area contributed by atoms with Crippen LogP contribution < -0.4 is 5.73 Å². The SMILES string of the molecule is CC1CCCN(CCC(N)CO)C1C. The summed E-state index contributed by atoms with van der Waals surface area (Å²) >= 11 is 0. The van der Waals surface area contributed by atoms with Crippen molar-refractivity contribution in [3.63, 3.8) is 0 Å². The molecule has 1 fully saturated rings. The Bertz CT molecular complexity index is 163. The van der Waals surface area contributed by atoms with E-state index in [1.807, 2.05) is 0 Å². The summed E-state index contributed by atoms with van der Waals surface area (Å²) in [4.78, 5) is 2.50. The van der Waals surface area contributed by atoms with E-state index in [1.54, 1.807) is 0 Å². The number of piperidine rings is 1. The average Bonchev–Trinajstić information content (AvgIpc) is 2.20. The molecule has 1 heterocycles. The van der Waals surface area contributed by atoms with Crippen LogP contribution in [0.15, 0.2) is 0 Å². The summed E-state index contributed by atoms with van der Waals surface area (Å²) in [6.07, 6.45) is 3.57. The first-order valence-corrected chi connectivity index (χ1v) is 5.75. The minimum atomic E-state index is -0.0422. The van der Waals surface area contributed by atoms with Gasteiger partial charge in [0.05, 0.1) is 6.61 Å². The topological polar surface area (TPSA) is 49.5 Å². The standard InChI is InChI=1S/C11H24N2O/c1-9-4-3-6-13(10(9)2)7-5-11(12)8-14/h9-11,14H,3-8,12H2,1-2H3. The number of nitrogens with zero attached hydrogens (tertiary/aromatic N) is 1. The molecule has 0 saturated carbocycles. The Morgan fingerprint density at radius 3 is 2.86 bits per heavy atom. The van der Waals surface area contributed by atoms with E-state index < -0.39 is 0 Å². The zero-order valence-electron chi connectivity index (χ0n) is 9.45. The molecule has 3 unspecified atom stereocenters. The summed E-state index contributed by atoms with van der Waals surface area (Å²) in [6.45, 7) is 6.96. The van der Waals surface area contributed by atoms with Crippen molar-refractivity contribution in [2.75, 3.05) is 19.7 Å². The van der Waals surface area contributed by atoms with Crippen molar-refractivity contribution in [3.8, 4) is 0 Å². The van der Waals surface area contributed by atoms with Crippen molar-refractivity contribution in [2.45, 2.75) is 45.2 Å². The van der Waals surface area contributed by atoms with Gasteiger partial charge in [-0.1, -0.05) is 6.92 Å². The monoisotopic (exact) mass is 200 g/mol. The molecule has 0 aromatic rings. The normalized spacial score (nSPS) is 31.7. The molecule has 1 saturated heterocycles. The summed E-state index contributed by atoms with van der Waals surface area (Å²) in [7, 11) is 0. The van der Waals surface area contributed by atoms with Gasteiger partial charge in [0.25, 0.3) is 0 Å². The second kappa shape index (κ2) is 5.69. The van der Waals surface area contributed by atoms with Crippen molar-refractivity contribution in [2.24, 2.45) is 11.7 Å². The van der Waals surface area contributed by atoms with Crippen molar-refractivity contribution < 1.29 is 5.11 Å². The number of likely N-dealkylation sites (tertiary alicyclic amines) is 1. The predicted molar refractivity (Wildman–Crippen MR) is 59.1 cm³/mol. The fourth-order valence-corrected chi connectivity index (χ4v) is 2.16. The smallest absolute Gasteiger partial charge is 0.0583 e. The summed E-state index contributed by atoms with van der Waals surface area (Å²) < 4.78 is 0. The van der Waals surface area contributed by atoms with Gasteiger partial charge in [0.15, 0.2) is 0 Å². The second-order valence-corrected chi connectivity index (χ2v) is 4.63. The molecule has 84 valence electrons. The van der Waals surface area contributed by atoms with Gasteiger partial charge < -0.3 is 15.7 Å². The highest BCUT2D eigenvalue weighted by Gasteiger charge is 2.24. The van der Waals surface area contributed by atoms with E-state index in [9.17, 15) is 0 Å². The van der Waals surface area contributed by atoms with Crippen LogP contribution in [0.25, 0.3) is 0 Å². The van der Waals surface area contributed by atoms with E-state index in [1.165, 1.54) is 19.4 Å². The number of rotatable bonds is 4. The first-order valence-electron chi connectivity index (χ1n) is 5.75. The van der Waals surface area contributed by atoms with E-state index in [0.717, 1.165) is 18.9 Å². The molecule has 14 heavy (non-hydrogen) atoms. The van der Waals surface area contributed by atoms with Gasteiger partial charge in [-0.15, -0.1) is 0 Å². The Labute approximate surface area is 87.3 Å². The van der Waals surface area contributed by atoms with Gasteiger partial charge in [0.1, 0.15) is 0 Å². The molecule has 0 aliphatic carbocycles. The Balaban J connectivity index is 2.28. The lowest BCUT2D eigenvalue weighted by Gasteiger charge is -2.38. The predicted octanol–water partition coefficient (Wildman–Crippen LogP) is 0.817. The first kappa shape index (κ1) is 12.0. The van der Waals surface area contributed by atoms with Gasteiger partial charge in [0.2, 0.25) is 0 Å². The van der Waals surface area contributed by atoms with Gasteiger partial charge in [-0.05, 0) is 45.2 Å². The molecule has 1 rings (SSSR count). The van der Waals surface area contributed by atoms with Gasteiger partial charge in [-0.25, -0.2) is 0 Å². The largest absolute Gasteiger partial charge is 0.395 e. The molecule has 1 aliphatic rings. The van der Waals surface area contributed by atoms with Crippen LogP contribution in [-0.2, 0) is 0 Å². The lowest BCUT2D eigenvalue weighted by atomic mass is 9.92. The summed E-state index contributed by atoms with van der Waals surface area (Å²) in [6, 6.07) is 0.633. The molecule has 3 atom stereocenters. The lowest BCUT2D eigenvalue weighted by molar-refractivity contribution is 0.107. The van der Waals surface area contributed by atoms with Crippen molar-refractivity contribution in [1.82, 2.24) is 4.90 Å². The second-order valence-electron chi connectivity index (χ2n) is 4.63. The van der Waals surface area contributed by atoms with Crippen LogP contribution in [0.1, 0.15) is 33.1 Å². The number of aliphatic hydroxyl groups excluding tert-OH is 1. The molecular weight excluding hydrogens is 176 g/mol. The quantitative estimate of drug-likeness (QED) is 0.706. The van der Waals surface area contributed by atoms with Crippen molar-refractivity contribution in [1.29, 1.82) is 0 Å². The average molecular weight is 200 g/mol. The van der Waals surface area contributed by atoms with E-state index in [4.69, 9.17) is 10.8 Å². The molecule has 0 bridgehead atoms. The Morgan fingerprint density at radius 2 is 2.21 bits per heavy atom. The lowest BCUT2D eigenvalue weighted by Crippen LogP contribution is -2.44. The van der Waals surface area contributed by atoms with Crippen LogP contribution in [-0.4, -0.2) is 41.8 Å². The maximum Gasteiger partial charge on any atom is 0.0583 e. The highest BCUT2D eigenvalue weighted by atomic mass is 16.3. The Morgan fingerprint density at radius 1 is 1.50 bits per heavy atom. The number of aliphatic hydroxyl groups is 1. The summed E-state index contributed by atoms with van der Waals surface area (Å²) in [5.74, 6) is 0.800. The van der Waals surface area contributed by atoms with Gasteiger partial charge >= 0.3 is 0 Å². The van der Waals surface area contributed by atoms with Crippen LogP contribution in [0.4, 0.5) is 0 Å². The zero-order chi connectivity index (χ0) is 10.6. The van der Waals surface area contributed by atoms with E-state index >= 15 is 0 Å². The molecule has 0 amide bonds. The minimum Gasteiger partial charge on any atom is -0.395 e. The molecule has 3 nitrogen and oxygen atoms in total. The Kier molecular flexibility index (Phi) is 4.85. The molecular formula is C11H24N2O. The molecule has 3 heteroatoms. The van der Waals surface area contributed by atoms with Gasteiger partial charge in [-0.3, -0.25) is 0 Å². The molecule has 0 radical (unpaired) electrons. The number of nitrogens with two attached hydrogens (primary N) is 1. The molecule has 0 spiro atoms. The summed E-state index contributed by atoms with van der Waals surface area (Å²) in [5.41, 5.74) is 5.69. The van der Waals surface area contributed by atoms with Crippen LogP contribution >= 0.6 is 0 Å². The third-order valence-electron chi connectivity index (χ3n) is 3.53. The zero-order valence-corrected chi connectivity index (χ0v) is 9.45. The fourth-order valence-electron chi connectivity index (χ4n) is 2.16. The van der Waals surface area contributed by atoms with E-state index in [2.05, 4.69) is 18.7 Å². The molecule has 0 aromatic heterocycles. The van der Waals surface area contributed by atoms with Gasteiger partial charge in [-0.2, -0.15) is 0 Å². The summed E-state index contributed by atoms with van der Waals surface area (Å²) in [5, 5.41) is 8.84. The van der Waals surface area contributed by atoms with E-state index in [0.29, 0.717) is 6.04 Å². The molecule has 0 aromatic carbocycles. The minimum absolute atomic E-state index is 0.0422. The highest BCUT2D eigenvalue weighted by Crippen LogP contribution is 2.22. The number of hydrogen-bond acceptors (Lipinski definition) is 3. The third kappa shape index (κ3) is 3.23.